The predicted molar refractivity (Wildman–Crippen MR) is 149 cm³/mol. The first-order valence-corrected chi connectivity index (χ1v) is 13.6. The van der Waals surface area contributed by atoms with E-state index in [1.807, 2.05) is 31.5 Å². The van der Waals surface area contributed by atoms with Crippen molar-refractivity contribution in [1.29, 1.82) is 0 Å². The number of nitrogens with one attached hydrogen (secondary N) is 1. The number of halogens is 2. The molecule has 1 saturated carbocycles. The van der Waals surface area contributed by atoms with Gasteiger partial charge in [-0.15, -0.1) is 0 Å². The molecule has 210 valence electrons. The van der Waals surface area contributed by atoms with Gasteiger partial charge in [-0.05, 0) is 79.4 Å². The Balaban J connectivity index is 1.53. The van der Waals surface area contributed by atoms with Crippen LogP contribution in [0.4, 0.5) is 16.0 Å². The highest BCUT2D eigenvalue weighted by molar-refractivity contribution is 6.30. The molecule has 0 amide bonds. The molecular weight excluding hydrogens is 521 g/mol. The molecule has 1 aliphatic rings. The number of nitrogens with zero attached hydrogens (tertiary/aromatic N) is 4. The fraction of sp³-hybridized carbons (Fsp3) is 0.517. The second-order valence-corrected chi connectivity index (χ2v) is 12.6. The topological polar surface area (TPSA) is 91.2 Å². The molecule has 3 aromatic rings. The summed E-state index contributed by atoms with van der Waals surface area (Å²) in [6.45, 7) is 11.8. The zero-order valence-electron chi connectivity index (χ0n) is 23.4. The lowest BCUT2D eigenvalue weighted by Gasteiger charge is -2.39. The van der Waals surface area contributed by atoms with E-state index in [4.69, 9.17) is 26.1 Å². The van der Waals surface area contributed by atoms with Crippen molar-refractivity contribution in [2.75, 3.05) is 5.32 Å². The van der Waals surface area contributed by atoms with Gasteiger partial charge in [-0.2, -0.15) is 5.10 Å². The number of esters is 1. The number of carbonyl (C=O) groups excluding carboxylic acids is 1. The van der Waals surface area contributed by atoms with E-state index >= 15 is 0 Å². The molecule has 1 aromatic carbocycles. The second-order valence-electron chi connectivity index (χ2n) is 12.1. The smallest absolute Gasteiger partial charge is 0.312 e. The standard InChI is InChI=1S/C29H37ClFN5O3/c1-27(2,3)36-24(12-15-33-36)35-23-18-32-17-19(34-23)16-29(26(37)39-28(4,5)6)13-10-20(11-14-29)38-22-9-7-8-21(30)25(22)31/h7-9,12,15,17-18,20H,10-11,13-14,16H2,1-6H3,(H,34,35). The van der Waals surface area contributed by atoms with E-state index < -0.39 is 16.8 Å². The Hall–Kier alpha value is -3.20. The predicted octanol–water partition coefficient (Wildman–Crippen LogP) is 6.86. The van der Waals surface area contributed by atoms with Crippen molar-refractivity contribution in [3.8, 4) is 5.75 Å². The van der Waals surface area contributed by atoms with E-state index in [0.29, 0.717) is 43.6 Å². The van der Waals surface area contributed by atoms with Gasteiger partial charge in [-0.1, -0.05) is 17.7 Å². The molecule has 39 heavy (non-hydrogen) atoms. The minimum absolute atomic E-state index is 0.0176. The normalized spacial score (nSPS) is 19.9. The minimum Gasteiger partial charge on any atom is -0.487 e. The van der Waals surface area contributed by atoms with Crippen LogP contribution in [0.5, 0.6) is 5.75 Å². The van der Waals surface area contributed by atoms with Gasteiger partial charge in [-0.3, -0.25) is 9.78 Å². The molecule has 0 unspecified atom stereocenters. The zero-order valence-corrected chi connectivity index (χ0v) is 24.2. The first-order valence-electron chi connectivity index (χ1n) is 13.2. The molecule has 1 fully saturated rings. The lowest BCUT2D eigenvalue weighted by Crippen LogP contribution is -2.44. The molecule has 0 bridgehead atoms. The molecule has 0 aliphatic heterocycles. The third-order valence-corrected chi connectivity index (χ3v) is 6.96. The highest BCUT2D eigenvalue weighted by atomic mass is 35.5. The summed E-state index contributed by atoms with van der Waals surface area (Å²) >= 11 is 5.92. The van der Waals surface area contributed by atoms with E-state index in [1.165, 1.54) is 6.07 Å². The molecule has 4 rings (SSSR count). The van der Waals surface area contributed by atoms with Crippen LogP contribution in [-0.2, 0) is 21.5 Å². The lowest BCUT2D eigenvalue weighted by molar-refractivity contribution is -0.171. The Morgan fingerprint density at radius 1 is 1.15 bits per heavy atom. The Kier molecular flexibility index (Phi) is 8.21. The van der Waals surface area contributed by atoms with Gasteiger partial charge in [0.25, 0.3) is 0 Å². The minimum atomic E-state index is -0.805. The van der Waals surface area contributed by atoms with E-state index in [-0.39, 0.29) is 28.4 Å². The molecular formula is C29H37ClFN5O3. The largest absolute Gasteiger partial charge is 0.487 e. The van der Waals surface area contributed by atoms with Crippen molar-refractivity contribution in [3.05, 3.63) is 59.4 Å². The maximum atomic E-state index is 14.4. The van der Waals surface area contributed by atoms with Crippen LogP contribution in [0.3, 0.4) is 0 Å². The molecule has 1 aliphatic carbocycles. The number of hydrogen-bond donors (Lipinski definition) is 1. The van der Waals surface area contributed by atoms with Crippen molar-refractivity contribution < 1.29 is 18.7 Å². The highest BCUT2D eigenvalue weighted by Crippen LogP contribution is 2.42. The summed E-state index contributed by atoms with van der Waals surface area (Å²) < 4.78 is 28.1. The fourth-order valence-electron chi connectivity index (χ4n) is 4.82. The number of carbonyl (C=O) groups is 1. The number of anilines is 2. The van der Waals surface area contributed by atoms with E-state index in [9.17, 15) is 9.18 Å². The van der Waals surface area contributed by atoms with Gasteiger partial charge in [0.1, 0.15) is 17.2 Å². The van der Waals surface area contributed by atoms with Crippen LogP contribution in [-0.4, -0.2) is 37.4 Å². The van der Waals surface area contributed by atoms with E-state index in [0.717, 1.165) is 5.82 Å². The summed E-state index contributed by atoms with van der Waals surface area (Å²) in [4.78, 5) is 22.8. The van der Waals surface area contributed by atoms with Crippen LogP contribution in [0.15, 0.2) is 42.9 Å². The quantitative estimate of drug-likeness (QED) is 0.317. The van der Waals surface area contributed by atoms with Gasteiger partial charge in [0.2, 0.25) is 0 Å². The molecule has 0 radical (unpaired) electrons. The number of aromatic nitrogens is 4. The summed E-state index contributed by atoms with van der Waals surface area (Å²) in [5.74, 6) is 0.633. The number of ether oxygens (including phenoxy) is 2. The summed E-state index contributed by atoms with van der Waals surface area (Å²) in [6, 6.07) is 6.59. The van der Waals surface area contributed by atoms with Crippen molar-refractivity contribution >= 4 is 29.2 Å². The Morgan fingerprint density at radius 2 is 1.87 bits per heavy atom. The van der Waals surface area contributed by atoms with Gasteiger partial charge in [0, 0.05) is 18.7 Å². The van der Waals surface area contributed by atoms with Crippen LogP contribution >= 0.6 is 11.6 Å². The SMILES string of the molecule is CC(C)(C)OC(=O)C1(Cc2cncc(Nc3ccnn3C(C)(C)C)n2)CCC(Oc2cccc(Cl)c2F)CC1. The molecule has 2 aromatic heterocycles. The average molecular weight is 558 g/mol. The summed E-state index contributed by atoms with van der Waals surface area (Å²) in [7, 11) is 0. The van der Waals surface area contributed by atoms with Gasteiger partial charge >= 0.3 is 5.97 Å². The number of hydrogen-bond acceptors (Lipinski definition) is 7. The van der Waals surface area contributed by atoms with Crippen LogP contribution in [0, 0.1) is 11.2 Å². The van der Waals surface area contributed by atoms with Crippen LogP contribution in [0.25, 0.3) is 0 Å². The third kappa shape index (κ3) is 7.06. The van der Waals surface area contributed by atoms with Crippen molar-refractivity contribution in [2.24, 2.45) is 5.41 Å². The van der Waals surface area contributed by atoms with Crippen molar-refractivity contribution in [3.63, 3.8) is 0 Å². The average Bonchev–Trinajstić information content (AvgIpc) is 3.31. The number of benzene rings is 1. The maximum Gasteiger partial charge on any atom is 0.312 e. The van der Waals surface area contributed by atoms with Crippen LogP contribution in [0.1, 0.15) is 72.9 Å². The third-order valence-electron chi connectivity index (χ3n) is 6.67. The Morgan fingerprint density at radius 3 is 2.54 bits per heavy atom. The van der Waals surface area contributed by atoms with Gasteiger partial charge in [0.15, 0.2) is 11.6 Å². The summed E-state index contributed by atoms with van der Waals surface area (Å²) in [6.07, 6.45) is 7.30. The van der Waals surface area contributed by atoms with Crippen LogP contribution in [0.2, 0.25) is 5.02 Å². The van der Waals surface area contributed by atoms with Crippen LogP contribution < -0.4 is 10.1 Å². The van der Waals surface area contributed by atoms with E-state index in [2.05, 4.69) is 36.2 Å². The molecule has 10 heteroatoms. The molecule has 1 N–H and O–H groups in total. The first-order chi connectivity index (χ1) is 18.3. The second kappa shape index (κ2) is 11.1. The Bertz CT molecular complexity index is 1310. The Labute approximate surface area is 234 Å². The van der Waals surface area contributed by atoms with Gasteiger partial charge in [0.05, 0.1) is 40.2 Å². The monoisotopic (exact) mass is 557 g/mol. The fourth-order valence-corrected chi connectivity index (χ4v) is 4.98. The lowest BCUT2D eigenvalue weighted by atomic mass is 9.70. The van der Waals surface area contributed by atoms with Gasteiger partial charge < -0.3 is 14.8 Å². The highest BCUT2D eigenvalue weighted by Gasteiger charge is 2.45. The molecule has 0 atom stereocenters. The molecule has 8 nitrogen and oxygen atoms in total. The van der Waals surface area contributed by atoms with E-state index in [1.54, 1.807) is 30.7 Å². The van der Waals surface area contributed by atoms with Crippen molar-refractivity contribution in [1.82, 2.24) is 19.7 Å². The molecule has 0 saturated heterocycles. The summed E-state index contributed by atoms with van der Waals surface area (Å²) in [5.41, 5.74) is -0.984. The van der Waals surface area contributed by atoms with Crippen molar-refractivity contribution in [2.45, 2.75) is 90.9 Å². The zero-order chi connectivity index (χ0) is 28.4. The molecule has 2 heterocycles. The van der Waals surface area contributed by atoms with Gasteiger partial charge in [-0.25, -0.2) is 14.1 Å². The number of rotatable bonds is 7. The summed E-state index contributed by atoms with van der Waals surface area (Å²) in [5, 5.41) is 7.74. The maximum absolute atomic E-state index is 14.4. The molecule has 0 spiro atoms. The first kappa shape index (κ1) is 28.8.